The van der Waals surface area contributed by atoms with E-state index >= 15 is 0 Å². The Labute approximate surface area is 84.5 Å². The molecule has 2 aromatic heterocycles. The lowest BCUT2D eigenvalue weighted by Crippen LogP contribution is -2.09. The highest BCUT2D eigenvalue weighted by Gasteiger charge is 2.05. The van der Waals surface area contributed by atoms with E-state index in [4.69, 9.17) is 16.3 Å². The van der Waals surface area contributed by atoms with Gasteiger partial charge in [0.1, 0.15) is 5.65 Å². The summed E-state index contributed by atoms with van der Waals surface area (Å²) in [6.07, 6.45) is 1.53. The minimum Gasteiger partial charge on any atom is -0.491 e. The number of fused-ring (bicyclic) bond motifs is 1. The van der Waals surface area contributed by atoms with Crippen LogP contribution in [0.15, 0.2) is 23.1 Å². The van der Waals surface area contributed by atoms with E-state index in [1.54, 1.807) is 12.1 Å². The zero-order valence-electron chi connectivity index (χ0n) is 7.37. The average Bonchev–Trinajstić information content (AvgIpc) is 2.17. The minimum absolute atomic E-state index is 0.229. The van der Waals surface area contributed by atoms with Gasteiger partial charge < -0.3 is 9.72 Å². The summed E-state index contributed by atoms with van der Waals surface area (Å²) in [6, 6.07) is 3.23. The first-order chi connectivity index (χ1) is 6.72. The van der Waals surface area contributed by atoms with Gasteiger partial charge in [-0.1, -0.05) is 11.6 Å². The van der Waals surface area contributed by atoms with Gasteiger partial charge in [-0.3, -0.25) is 4.79 Å². The summed E-state index contributed by atoms with van der Waals surface area (Å²) in [5.74, 6) is 0.229. The second kappa shape index (κ2) is 3.31. The van der Waals surface area contributed by atoms with Crippen LogP contribution in [0.3, 0.4) is 0 Å². The van der Waals surface area contributed by atoms with E-state index < -0.39 is 0 Å². The van der Waals surface area contributed by atoms with Crippen LogP contribution in [0.1, 0.15) is 0 Å². The van der Waals surface area contributed by atoms with Gasteiger partial charge in [-0.25, -0.2) is 4.98 Å². The molecule has 2 rings (SSSR count). The van der Waals surface area contributed by atoms with Gasteiger partial charge in [0.05, 0.1) is 12.1 Å². The molecule has 0 fully saturated rings. The summed E-state index contributed by atoms with van der Waals surface area (Å²) in [5, 5.41) is 1.20. The number of hydrogen-bond donors (Lipinski definition) is 1. The maximum atomic E-state index is 11.3. The van der Waals surface area contributed by atoms with E-state index in [1.165, 1.54) is 13.3 Å². The Morgan fingerprint density at radius 3 is 3.07 bits per heavy atom. The van der Waals surface area contributed by atoms with E-state index in [0.717, 1.165) is 0 Å². The number of rotatable bonds is 1. The van der Waals surface area contributed by atoms with Gasteiger partial charge in [0.15, 0.2) is 5.75 Å². The van der Waals surface area contributed by atoms with Crippen LogP contribution >= 0.6 is 11.6 Å². The molecule has 14 heavy (non-hydrogen) atoms. The van der Waals surface area contributed by atoms with Gasteiger partial charge in [-0.2, -0.15) is 0 Å². The summed E-state index contributed by atoms with van der Waals surface area (Å²) in [7, 11) is 1.43. The van der Waals surface area contributed by atoms with Crippen LogP contribution < -0.4 is 10.3 Å². The Hall–Kier alpha value is -1.55. The summed E-state index contributed by atoms with van der Waals surface area (Å²) in [4.78, 5) is 17.9. The largest absolute Gasteiger partial charge is 0.491 e. The lowest BCUT2D eigenvalue weighted by molar-refractivity contribution is 0.409. The Morgan fingerprint density at radius 1 is 1.57 bits per heavy atom. The SMILES string of the molecule is COc1cc2c(Cl)ccnc2[nH]c1=O. The van der Waals surface area contributed by atoms with Gasteiger partial charge in [0.25, 0.3) is 5.56 Å². The first kappa shape index (κ1) is 9.02. The number of halogens is 1. The highest BCUT2D eigenvalue weighted by Crippen LogP contribution is 2.21. The summed E-state index contributed by atoms with van der Waals surface area (Å²) >= 11 is 5.92. The van der Waals surface area contributed by atoms with Crippen LogP contribution in [-0.4, -0.2) is 17.1 Å². The molecule has 1 N–H and O–H groups in total. The molecule has 4 nitrogen and oxygen atoms in total. The average molecular weight is 211 g/mol. The number of pyridine rings is 2. The molecule has 0 aromatic carbocycles. The molecule has 0 bridgehead atoms. The number of aromatic amines is 1. The molecule has 0 spiro atoms. The quantitative estimate of drug-likeness (QED) is 0.778. The van der Waals surface area contributed by atoms with Crippen LogP contribution in [0.4, 0.5) is 0 Å². The van der Waals surface area contributed by atoms with Crippen molar-refractivity contribution in [3.63, 3.8) is 0 Å². The number of aromatic nitrogens is 2. The lowest BCUT2D eigenvalue weighted by atomic mass is 10.3. The fourth-order valence-corrected chi connectivity index (χ4v) is 1.40. The lowest BCUT2D eigenvalue weighted by Gasteiger charge is -2.01. The van der Waals surface area contributed by atoms with Crippen molar-refractivity contribution in [2.45, 2.75) is 0 Å². The molecule has 2 heterocycles. The predicted octanol–water partition coefficient (Wildman–Crippen LogP) is 1.59. The van der Waals surface area contributed by atoms with Crippen molar-refractivity contribution in [2.24, 2.45) is 0 Å². The molecule has 5 heteroatoms. The molecule has 0 aliphatic carbocycles. The molecule has 0 aliphatic rings. The second-order valence-electron chi connectivity index (χ2n) is 2.72. The van der Waals surface area contributed by atoms with Gasteiger partial charge in [-0.15, -0.1) is 0 Å². The van der Waals surface area contributed by atoms with Gasteiger partial charge in [-0.05, 0) is 12.1 Å². The van der Waals surface area contributed by atoms with Crippen molar-refractivity contribution in [2.75, 3.05) is 7.11 Å². The van der Waals surface area contributed by atoms with Crippen LogP contribution in [0, 0.1) is 0 Å². The summed E-state index contributed by atoms with van der Waals surface area (Å²) in [6.45, 7) is 0. The zero-order chi connectivity index (χ0) is 10.1. The Kier molecular flexibility index (Phi) is 2.13. The highest BCUT2D eigenvalue weighted by atomic mass is 35.5. The first-order valence-corrected chi connectivity index (χ1v) is 4.31. The maximum absolute atomic E-state index is 11.3. The van der Waals surface area contributed by atoms with Crippen LogP contribution in [0.25, 0.3) is 11.0 Å². The van der Waals surface area contributed by atoms with Crippen LogP contribution in [0.2, 0.25) is 5.02 Å². The fraction of sp³-hybridized carbons (Fsp3) is 0.111. The smallest absolute Gasteiger partial charge is 0.291 e. The molecular weight excluding hydrogens is 204 g/mol. The molecule has 0 atom stereocenters. The van der Waals surface area contributed by atoms with E-state index in [9.17, 15) is 4.79 Å². The number of H-pyrrole nitrogens is 1. The topological polar surface area (TPSA) is 55.0 Å². The molecule has 2 aromatic rings. The molecule has 72 valence electrons. The van der Waals surface area contributed by atoms with Crippen molar-refractivity contribution < 1.29 is 4.74 Å². The van der Waals surface area contributed by atoms with Crippen LogP contribution in [-0.2, 0) is 0 Å². The molecule has 0 amide bonds. The van der Waals surface area contributed by atoms with E-state index in [1.807, 2.05) is 0 Å². The van der Waals surface area contributed by atoms with Crippen LogP contribution in [0.5, 0.6) is 5.75 Å². The zero-order valence-corrected chi connectivity index (χ0v) is 8.13. The molecule has 0 radical (unpaired) electrons. The molecule has 0 saturated carbocycles. The third kappa shape index (κ3) is 1.33. The number of hydrogen-bond acceptors (Lipinski definition) is 3. The van der Waals surface area contributed by atoms with E-state index in [0.29, 0.717) is 16.1 Å². The molecule has 0 aliphatic heterocycles. The van der Waals surface area contributed by atoms with Gasteiger partial charge in [0, 0.05) is 11.6 Å². The molecule has 0 saturated heterocycles. The van der Waals surface area contributed by atoms with Crippen molar-refractivity contribution in [3.05, 3.63) is 33.7 Å². The minimum atomic E-state index is -0.310. The maximum Gasteiger partial charge on any atom is 0.291 e. The standard InChI is InChI=1S/C9H7ClN2O2/c1-14-7-4-5-6(10)2-3-11-8(5)12-9(7)13/h2-4H,1H3,(H,11,12,13). The third-order valence-corrected chi connectivity index (χ3v) is 2.22. The number of methoxy groups -OCH3 is 1. The Bertz CT molecular complexity index is 536. The summed E-state index contributed by atoms with van der Waals surface area (Å²) in [5.41, 5.74) is 0.151. The molecular formula is C9H7ClN2O2. The van der Waals surface area contributed by atoms with Crippen molar-refractivity contribution in [1.29, 1.82) is 0 Å². The van der Waals surface area contributed by atoms with E-state index in [2.05, 4.69) is 9.97 Å². The van der Waals surface area contributed by atoms with Crippen molar-refractivity contribution in [3.8, 4) is 5.75 Å². The van der Waals surface area contributed by atoms with Crippen molar-refractivity contribution >= 4 is 22.6 Å². The Balaban J connectivity index is 2.87. The molecule has 0 unspecified atom stereocenters. The highest BCUT2D eigenvalue weighted by molar-refractivity contribution is 6.35. The van der Waals surface area contributed by atoms with Gasteiger partial charge in [0.2, 0.25) is 0 Å². The Morgan fingerprint density at radius 2 is 2.36 bits per heavy atom. The fourth-order valence-electron chi connectivity index (χ4n) is 1.20. The number of nitrogens with zero attached hydrogens (tertiary/aromatic N) is 1. The second-order valence-corrected chi connectivity index (χ2v) is 3.13. The number of ether oxygens (including phenoxy) is 1. The third-order valence-electron chi connectivity index (χ3n) is 1.89. The predicted molar refractivity (Wildman–Crippen MR) is 53.9 cm³/mol. The first-order valence-electron chi connectivity index (χ1n) is 3.94. The summed E-state index contributed by atoms with van der Waals surface area (Å²) < 4.78 is 4.88. The number of nitrogens with one attached hydrogen (secondary N) is 1. The van der Waals surface area contributed by atoms with E-state index in [-0.39, 0.29) is 11.3 Å². The normalized spacial score (nSPS) is 10.4. The monoisotopic (exact) mass is 210 g/mol. The van der Waals surface area contributed by atoms with Gasteiger partial charge >= 0.3 is 0 Å². The van der Waals surface area contributed by atoms with Crippen molar-refractivity contribution in [1.82, 2.24) is 9.97 Å².